The molecule has 1 aliphatic heterocycles. The Morgan fingerprint density at radius 2 is 1.73 bits per heavy atom. The van der Waals surface area contributed by atoms with Crippen LogP contribution in [0.3, 0.4) is 0 Å². The second kappa shape index (κ2) is 10.5. The topological polar surface area (TPSA) is 69.6 Å². The minimum atomic E-state index is -4.76. The zero-order valence-corrected chi connectivity index (χ0v) is 18.7. The third kappa shape index (κ3) is 7.23. The fraction of sp³-hybridized carbons (Fsp3) is 0.619. The van der Waals surface area contributed by atoms with Crippen molar-refractivity contribution in [2.24, 2.45) is 11.8 Å². The first-order chi connectivity index (χ1) is 15.1. The zero-order valence-electron chi connectivity index (χ0n) is 17.9. The Bertz CT molecular complexity index is 853. The summed E-state index contributed by atoms with van der Waals surface area (Å²) in [6.45, 7) is 1.81. The molecule has 0 radical (unpaired) electrons. The van der Waals surface area contributed by atoms with Crippen molar-refractivity contribution < 1.29 is 41.0 Å². The van der Waals surface area contributed by atoms with Gasteiger partial charge in [0.25, 0.3) is 0 Å². The molecular weight excluding hydrogens is 478 g/mol. The van der Waals surface area contributed by atoms with E-state index in [0.717, 1.165) is 11.8 Å². The zero-order chi connectivity index (χ0) is 25.1. The van der Waals surface area contributed by atoms with Crippen molar-refractivity contribution in [3.05, 3.63) is 28.8 Å². The van der Waals surface area contributed by atoms with Crippen LogP contribution in [-0.2, 0) is 9.59 Å². The molecule has 186 valence electrons. The van der Waals surface area contributed by atoms with Gasteiger partial charge in [-0.1, -0.05) is 31.5 Å². The van der Waals surface area contributed by atoms with Gasteiger partial charge < -0.3 is 10.4 Å². The van der Waals surface area contributed by atoms with Gasteiger partial charge in [-0.15, -0.1) is 0 Å². The highest BCUT2D eigenvalue weighted by atomic mass is 35.5. The first-order valence-corrected chi connectivity index (χ1v) is 10.7. The number of rotatable bonds is 7. The molecule has 0 saturated carbocycles. The number of nitrogens with zero attached hydrogens (tertiary/aromatic N) is 1. The SMILES string of the molecule is C[C@H]([C@H](C(=O)Nc1cc([C@@H](C)CC(=O)O)ccc1Cl)N1CCC(C(F)(F)F)CC1)C(F)(F)F. The first kappa shape index (κ1) is 27.2. The lowest BCUT2D eigenvalue weighted by atomic mass is 9.91. The molecule has 1 saturated heterocycles. The van der Waals surface area contributed by atoms with Gasteiger partial charge in [0, 0.05) is 0 Å². The van der Waals surface area contributed by atoms with Gasteiger partial charge in [0.05, 0.1) is 29.0 Å². The molecule has 0 aromatic heterocycles. The van der Waals surface area contributed by atoms with E-state index in [1.54, 1.807) is 13.0 Å². The fourth-order valence-electron chi connectivity index (χ4n) is 3.92. The Hall–Kier alpha value is -2.01. The number of halogens is 7. The van der Waals surface area contributed by atoms with Gasteiger partial charge in [0.1, 0.15) is 6.04 Å². The second-order valence-electron chi connectivity index (χ2n) is 8.35. The number of piperidine rings is 1. The predicted octanol–water partition coefficient (Wildman–Crippen LogP) is 5.70. The lowest BCUT2D eigenvalue weighted by Crippen LogP contribution is -2.55. The van der Waals surface area contributed by atoms with E-state index in [9.17, 15) is 35.9 Å². The number of carbonyl (C=O) groups excluding carboxylic acids is 1. The molecule has 1 amide bonds. The van der Waals surface area contributed by atoms with Gasteiger partial charge in [-0.2, -0.15) is 26.3 Å². The Kier molecular flexibility index (Phi) is 8.67. The number of amides is 1. The molecule has 12 heteroatoms. The standard InChI is InChI=1S/C21H25ClF6N2O3/c1-11(9-17(31)32)13-3-4-15(22)16(10-13)29-19(33)18(12(2)20(23,24)25)30-7-5-14(6-8-30)21(26,27)28/h3-4,10-12,14,18H,5-9H2,1-2H3,(H,29,33)(H,31,32)/t11-,12+,18+/m0/s1. The van der Waals surface area contributed by atoms with Crippen LogP contribution in [0.5, 0.6) is 0 Å². The van der Waals surface area contributed by atoms with E-state index in [1.807, 2.05) is 0 Å². The van der Waals surface area contributed by atoms with E-state index in [-0.39, 0.29) is 30.2 Å². The molecule has 0 aliphatic carbocycles. The molecule has 1 aromatic rings. The highest BCUT2D eigenvalue weighted by Crippen LogP contribution is 2.38. The molecule has 33 heavy (non-hydrogen) atoms. The van der Waals surface area contributed by atoms with Crippen molar-refractivity contribution in [1.29, 1.82) is 0 Å². The number of hydrogen-bond donors (Lipinski definition) is 2. The second-order valence-corrected chi connectivity index (χ2v) is 8.76. The molecule has 1 aromatic carbocycles. The fourth-order valence-corrected chi connectivity index (χ4v) is 4.09. The average Bonchev–Trinajstić information content (AvgIpc) is 2.68. The maximum atomic E-state index is 13.5. The summed E-state index contributed by atoms with van der Waals surface area (Å²) in [4.78, 5) is 25.0. The predicted molar refractivity (Wildman–Crippen MR) is 110 cm³/mol. The number of alkyl halides is 6. The van der Waals surface area contributed by atoms with Crippen LogP contribution in [0, 0.1) is 11.8 Å². The van der Waals surface area contributed by atoms with Crippen LogP contribution in [0.2, 0.25) is 5.02 Å². The lowest BCUT2D eigenvalue weighted by Gasteiger charge is -2.40. The molecule has 0 unspecified atom stereocenters. The van der Waals surface area contributed by atoms with Crippen molar-refractivity contribution in [2.45, 2.75) is 57.4 Å². The smallest absolute Gasteiger partial charge is 0.393 e. The normalized spacial score (nSPS) is 19.1. The Morgan fingerprint density at radius 1 is 1.15 bits per heavy atom. The number of carbonyl (C=O) groups is 2. The Balaban J connectivity index is 2.27. The summed E-state index contributed by atoms with van der Waals surface area (Å²) in [7, 11) is 0. The van der Waals surface area contributed by atoms with Crippen molar-refractivity contribution >= 4 is 29.2 Å². The number of carboxylic acid groups (broad SMARTS) is 1. The van der Waals surface area contributed by atoms with Crippen molar-refractivity contribution in [1.82, 2.24) is 4.90 Å². The number of nitrogens with one attached hydrogen (secondary N) is 1. The number of benzene rings is 1. The van der Waals surface area contributed by atoms with Gasteiger partial charge in [0.15, 0.2) is 0 Å². The molecule has 5 nitrogen and oxygen atoms in total. The summed E-state index contributed by atoms with van der Waals surface area (Å²) in [5, 5.41) is 11.4. The quantitative estimate of drug-likeness (QED) is 0.469. The maximum absolute atomic E-state index is 13.5. The van der Waals surface area contributed by atoms with E-state index >= 15 is 0 Å². The van der Waals surface area contributed by atoms with Crippen molar-refractivity contribution in [2.75, 3.05) is 18.4 Å². The van der Waals surface area contributed by atoms with Gasteiger partial charge in [0.2, 0.25) is 5.91 Å². The Labute approximate surface area is 192 Å². The summed E-state index contributed by atoms with van der Waals surface area (Å²) in [5.74, 6) is -6.32. The largest absolute Gasteiger partial charge is 0.481 e. The van der Waals surface area contributed by atoms with Gasteiger partial charge in [-0.3, -0.25) is 14.5 Å². The number of likely N-dealkylation sites (tertiary alicyclic amines) is 1. The highest BCUT2D eigenvalue weighted by molar-refractivity contribution is 6.33. The van der Waals surface area contributed by atoms with Crippen LogP contribution in [-0.4, -0.2) is 53.4 Å². The molecule has 0 spiro atoms. The third-order valence-electron chi connectivity index (χ3n) is 5.94. The Morgan fingerprint density at radius 3 is 2.21 bits per heavy atom. The number of carboxylic acids is 1. The van der Waals surface area contributed by atoms with E-state index < -0.39 is 60.9 Å². The maximum Gasteiger partial charge on any atom is 0.393 e. The molecule has 3 atom stereocenters. The average molecular weight is 503 g/mol. The molecule has 2 rings (SSSR count). The summed E-state index contributed by atoms with van der Waals surface area (Å²) in [6.07, 6.45) is -10.2. The lowest BCUT2D eigenvalue weighted by molar-refractivity contribution is -0.200. The molecular formula is C21H25ClF6N2O3. The summed E-state index contributed by atoms with van der Waals surface area (Å²) in [5.41, 5.74) is 0.504. The minimum absolute atomic E-state index is 0.000887. The van der Waals surface area contributed by atoms with E-state index in [1.165, 1.54) is 12.1 Å². The van der Waals surface area contributed by atoms with E-state index in [0.29, 0.717) is 5.56 Å². The van der Waals surface area contributed by atoms with Gasteiger partial charge in [-0.05, 0) is 49.5 Å². The summed E-state index contributed by atoms with van der Waals surface area (Å²) < 4.78 is 79.4. The van der Waals surface area contributed by atoms with Crippen LogP contribution in [0.4, 0.5) is 32.0 Å². The van der Waals surface area contributed by atoms with Crippen LogP contribution in [0.15, 0.2) is 18.2 Å². The van der Waals surface area contributed by atoms with Crippen LogP contribution in [0.1, 0.15) is 44.6 Å². The molecule has 0 bridgehead atoms. The summed E-state index contributed by atoms with van der Waals surface area (Å²) >= 11 is 6.09. The van der Waals surface area contributed by atoms with Crippen LogP contribution >= 0.6 is 11.6 Å². The van der Waals surface area contributed by atoms with Crippen LogP contribution in [0.25, 0.3) is 0 Å². The third-order valence-corrected chi connectivity index (χ3v) is 6.27. The highest BCUT2D eigenvalue weighted by Gasteiger charge is 2.49. The van der Waals surface area contributed by atoms with Gasteiger partial charge in [-0.25, -0.2) is 0 Å². The number of aliphatic carboxylic acids is 1. The monoisotopic (exact) mass is 502 g/mol. The first-order valence-electron chi connectivity index (χ1n) is 10.3. The minimum Gasteiger partial charge on any atom is -0.481 e. The van der Waals surface area contributed by atoms with E-state index in [2.05, 4.69) is 5.32 Å². The number of hydrogen-bond acceptors (Lipinski definition) is 3. The molecule has 2 N–H and O–H groups in total. The van der Waals surface area contributed by atoms with Gasteiger partial charge >= 0.3 is 18.3 Å². The van der Waals surface area contributed by atoms with Crippen molar-refractivity contribution in [3.63, 3.8) is 0 Å². The van der Waals surface area contributed by atoms with Crippen molar-refractivity contribution in [3.8, 4) is 0 Å². The number of anilines is 1. The molecule has 1 fully saturated rings. The molecule has 1 heterocycles. The molecule has 1 aliphatic rings. The van der Waals surface area contributed by atoms with E-state index in [4.69, 9.17) is 16.7 Å². The van der Waals surface area contributed by atoms with Crippen LogP contribution < -0.4 is 5.32 Å². The summed E-state index contributed by atoms with van der Waals surface area (Å²) in [6, 6.07) is 2.57.